The third kappa shape index (κ3) is 2.33. The van der Waals surface area contributed by atoms with Crippen LogP contribution in [0.4, 0.5) is 0 Å². The van der Waals surface area contributed by atoms with Crippen molar-refractivity contribution >= 4 is 6.29 Å². The van der Waals surface area contributed by atoms with Crippen LogP contribution in [0.15, 0.2) is 24.3 Å². The second-order valence-corrected chi connectivity index (χ2v) is 5.12. The molecule has 0 saturated carbocycles. The van der Waals surface area contributed by atoms with Gasteiger partial charge >= 0.3 is 0 Å². The molecular formula is C14H19NO. The topological polar surface area (TPSA) is 43.1 Å². The maximum absolute atomic E-state index is 10.9. The summed E-state index contributed by atoms with van der Waals surface area (Å²) in [6, 6.07) is 8.53. The van der Waals surface area contributed by atoms with Crippen molar-refractivity contribution in [3.63, 3.8) is 0 Å². The minimum absolute atomic E-state index is 0.449. The minimum atomic E-state index is -0.685. The second-order valence-electron chi connectivity index (χ2n) is 5.12. The molecule has 0 heterocycles. The molecule has 0 saturated heterocycles. The fraction of sp³-hybridized carbons (Fsp3) is 0.500. The van der Waals surface area contributed by atoms with E-state index in [0.717, 1.165) is 25.5 Å². The third-order valence-electron chi connectivity index (χ3n) is 3.45. The van der Waals surface area contributed by atoms with Crippen LogP contribution in [0.3, 0.4) is 0 Å². The van der Waals surface area contributed by atoms with E-state index in [9.17, 15) is 4.79 Å². The Kier molecular flexibility index (Phi) is 3.10. The monoisotopic (exact) mass is 217 g/mol. The molecule has 1 aromatic carbocycles. The molecule has 1 aliphatic carbocycles. The Morgan fingerprint density at radius 3 is 3.00 bits per heavy atom. The normalized spacial score (nSPS) is 23.2. The molecule has 0 aromatic heterocycles. The first kappa shape index (κ1) is 11.3. The molecule has 2 rings (SSSR count). The molecule has 0 radical (unpaired) electrons. The zero-order valence-electron chi connectivity index (χ0n) is 9.78. The van der Waals surface area contributed by atoms with Crippen molar-refractivity contribution in [2.24, 2.45) is 5.73 Å². The van der Waals surface area contributed by atoms with Crippen molar-refractivity contribution in [2.75, 3.05) is 0 Å². The Morgan fingerprint density at radius 1 is 1.50 bits per heavy atom. The highest BCUT2D eigenvalue weighted by atomic mass is 16.1. The lowest BCUT2D eigenvalue weighted by molar-refractivity contribution is -0.112. The van der Waals surface area contributed by atoms with Crippen LogP contribution < -0.4 is 5.73 Å². The second kappa shape index (κ2) is 4.38. The fourth-order valence-corrected chi connectivity index (χ4v) is 2.65. The minimum Gasteiger partial charge on any atom is -0.319 e. The first-order chi connectivity index (χ1) is 7.62. The molecule has 2 heteroatoms. The lowest BCUT2D eigenvalue weighted by Crippen LogP contribution is -2.39. The predicted molar refractivity (Wildman–Crippen MR) is 65.4 cm³/mol. The molecule has 0 spiro atoms. The van der Waals surface area contributed by atoms with Crippen LogP contribution >= 0.6 is 0 Å². The average molecular weight is 217 g/mol. The van der Waals surface area contributed by atoms with Gasteiger partial charge in [-0.05, 0) is 49.7 Å². The van der Waals surface area contributed by atoms with E-state index in [1.807, 2.05) is 6.92 Å². The summed E-state index contributed by atoms with van der Waals surface area (Å²) in [5.41, 5.74) is 8.08. The number of benzene rings is 1. The maximum atomic E-state index is 10.9. The summed E-state index contributed by atoms with van der Waals surface area (Å²) in [5, 5.41) is 0. The first-order valence-corrected chi connectivity index (χ1v) is 5.95. The van der Waals surface area contributed by atoms with Crippen molar-refractivity contribution in [1.29, 1.82) is 0 Å². The van der Waals surface area contributed by atoms with Gasteiger partial charge in [0.15, 0.2) is 0 Å². The number of nitrogens with two attached hydrogens (primary N) is 1. The molecule has 2 N–H and O–H groups in total. The molecule has 0 amide bonds. The highest BCUT2D eigenvalue weighted by Gasteiger charge is 2.27. The summed E-state index contributed by atoms with van der Waals surface area (Å²) in [7, 11) is 0. The quantitative estimate of drug-likeness (QED) is 0.790. The van der Waals surface area contributed by atoms with Crippen LogP contribution in [0.2, 0.25) is 0 Å². The number of hydrogen-bond donors (Lipinski definition) is 1. The molecule has 0 bridgehead atoms. The van der Waals surface area contributed by atoms with Crippen LogP contribution in [0.5, 0.6) is 0 Å². The molecule has 2 nitrogen and oxygen atoms in total. The molecular weight excluding hydrogens is 198 g/mol. The first-order valence-electron chi connectivity index (χ1n) is 5.95. The van der Waals surface area contributed by atoms with Crippen LogP contribution in [0, 0.1) is 0 Å². The molecule has 16 heavy (non-hydrogen) atoms. The molecule has 86 valence electrons. The van der Waals surface area contributed by atoms with E-state index in [1.54, 1.807) is 0 Å². The van der Waals surface area contributed by atoms with Crippen LogP contribution in [-0.2, 0) is 11.2 Å². The van der Waals surface area contributed by atoms with E-state index in [-0.39, 0.29) is 0 Å². The van der Waals surface area contributed by atoms with Gasteiger partial charge in [-0.25, -0.2) is 0 Å². The van der Waals surface area contributed by atoms with Gasteiger partial charge in [0.1, 0.15) is 6.29 Å². The van der Waals surface area contributed by atoms with Crippen molar-refractivity contribution in [1.82, 2.24) is 0 Å². The van der Waals surface area contributed by atoms with Crippen LogP contribution in [0.1, 0.15) is 43.2 Å². The van der Waals surface area contributed by atoms with Crippen LogP contribution in [0.25, 0.3) is 0 Å². The molecule has 1 aliphatic rings. The van der Waals surface area contributed by atoms with Gasteiger partial charge in [0.2, 0.25) is 0 Å². The standard InChI is InChI=1S/C14H19NO/c1-14(15,10-16)9-12-7-4-6-11-5-2-3-8-13(11)12/h2-3,5,8,10,12H,4,6-7,9,15H2,1H3. The SMILES string of the molecule is CC(N)(C=O)CC1CCCc2ccccc21. The van der Waals surface area contributed by atoms with E-state index < -0.39 is 5.54 Å². The number of aryl methyl sites for hydroxylation is 1. The Bertz CT molecular complexity index is 384. The largest absolute Gasteiger partial charge is 0.319 e. The summed E-state index contributed by atoms with van der Waals surface area (Å²) in [5.74, 6) is 0.449. The van der Waals surface area contributed by atoms with Gasteiger partial charge in [-0.1, -0.05) is 24.3 Å². The summed E-state index contributed by atoms with van der Waals surface area (Å²) in [6.45, 7) is 1.82. The Labute approximate surface area is 96.8 Å². The number of rotatable bonds is 3. The number of hydrogen-bond acceptors (Lipinski definition) is 2. The van der Waals surface area contributed by atoms with Crippen molar-refractivity contribution in [3.8, 4) is 0 Å². The van der Waals surface area contributed by atoms with E-state index >= 15 is 0 Å². The van der Waals surface area contributed by atoms with Crippen molar-refractivity contribution in [2.45, 2.75) is 44.1 Å². The van der Waals surface area contributed by atoms with Crippen molar-refractivity contribution in [3.05, 3.63) is 35.4 Å². The smallest absolute Gasteiger partial charge is 0.139 e. The summed E-state index contributed by atoms with van der Waals surface area (Å²) in [4.78, 5) is 10.9. The molecule has 0 aliphatic heterocycles. The predicted octanol–water partition coefficient (Wildman–Crippen LogP) is 2.41. The zero-order valence-corrected chi connectivity index (χ0v) is 9.78. The molecule has 1 aromatic rings. The summed E-state index contributed by atoms with van der Waals surface area (Å²) >= 11 is 0. The Balaban J connectivity index is 2.22. The number of aldehydes is 1. The molecule has 2 atom stereocenters. The highest BCUT2D eigenvalue weighted by Crippen LogP contribution is 2.35. The summed E-state index contributed by atoms with van der Waals surface area (Å²) < 4.78 is 0. The van der Waals surface area contributed by atoms with E-state index in [4.69, 9.17) is 5.73 Å². The van der Waals surface area contributed by atoms with Gasteiger partial charge in [-0.15, -0.1) is 0 Å². The number of carbonyl (C=O) groups excluding carboxylic acids is 1. The average Bonchev–Trinajstić information content (AvgIpc) is 2.29. The van der Waals surface area contributed by atoms with Gasteiger partial charge in [0.25, 0.3) is 0 Å². The van der Waals surface area contributed by atoms with E-state index in [2.05, 4.69) is 24.3 Å². The number of fused-ring (bicyclic) bond motifs is 1. The van der Waals surface area contributed by atoms with Gasteiger partial charge in [0, 0.05) is 0 Å². The molecule has 2 unspecified atom stereocenters. The van der Waals surface area contributed by atoms with Crippen molar-refractivity contribution < 1.29 is 4.79 Å². The van der Waals surface area contributed by atoms with Crippen LogP contribution in [-0.4, -0.2) is 11.8 Å². The zero-order chi connectivity index (χ0) is 11.6. The van der Waals surface area contributed by atoms with E-state index in [0.29, 0.717) is 5.92 Å². The lowest BCUT2D eigenvalue weighted by atomic mass is 9.77. The maximum Gasteiger partial charge on any atom is 0.139 e. The Hall–Kier alpha value is -1.15. The van der Waals surface area contributed by atoms with Gasteiger partial charge in [0.05, 0.1) is 5.54 Å². The van der Waals surface area contributed by atoms with Gasteiger partial charge in [-0.3, -0.25) is 0 Å². The van der Waals surface area contributed by atoms with E-state index in [1.165, 1.54) is 17.5 Å². The highest BCUT2D eigenvalue weighted by molar-refractivity contribution is 5.63. The number of carbonyl (C=O) groups is 1. The fourth-order valence-electron chi connectivity index (χ4n) is 2.65. The molecule has 0 fully saturated rings. The van der Waals surface area contributed by atoms with Gasteiger partial charge < -0.3 is 10.5 Å². The summed E-state index contributed by atoms with van der Waals surface area (Å²) in [6.07, 6.45) is 5.15. The van der Waals surface area contributed by atoms with Gasteiger partial charge in [-0.2, -0.15) is 0 Å². The Morgan fingerprint density at radius 2 is 2.25 bits per heavy atom. The third-order valence-corrected chi connectivity index (χ3v) is 3.45. The lowest BCUT2D eigenvalue weighted by Gasteiger charge is -2.30.